The van der Waals surface area contributed by atoms with Gasteiger partial charge in [0.15, 0.2) is 5.69 Å². The fourth-order valence-corrected chi connectivity index (χ4v) is 2.33. The molecule has 1 aromatic carbocycles. The van der Waals surface area contributed by atoms with Gasteiger partial charge >= 0.3 is 5.97 Å². The molecule has 0 saturated heterocycles. The number of nitrogens with one attached hydrogen (secondary N) is 1. The first-order chi connectivity index (χ1) is 8.27. The monoisotopic (exact) mass is 245 g/mol. The first kappa shape index (κ1) is 9.98. The van der Waals surface area contributed by atoms with E-state index in [0.717, 1.165) is 28.2 Å². The predicted molar refractivity (Wildman–Crippen MR) is 64.2 cm³/mol. The van der Waals surface area contributed by atoms with Gasteiger partial charge in [-0.15, -0.1) is 0 Å². The van der Waals surface area contributed by atoms with Crippen molar-refractivity contribution < 1.29 is 9.90 Å². The van der Waals surface area contributed by atoms with E-state index in [9.17, 15) is 4.79 Å². The molecule has 0 unspecified atom stereocenters. The highest BCUT2D eigenvalue weighted by molar-refractivity contribution is 6.99. The van der Waals surface area contributed by atoms with Crippen molar-refractivity contribution >= 4 is 28.6 Å². The van der Waals surface area contributed by atoms with Crippen LogP contribution >= 0.6 is 11.7 Å². The fraction of sp³-hybridized carbons (Fsp3) is 0. The fourth-order valence-electron chi connectivity index (χ4n) is 1.77. The summed E-state index contributed by atoms with van der Waals surface area (Å²) >= 11 is 0.907. The molecule has 0 amide bonds. The van der Waals surface area contributed by atoms with Crippen molar-refractivity contribution in [2.75, 3.05) is 0 Å². The molecule has 0 saturated carbocycles. The quantitative estimate of drug-likeness (QED) is 0.726. The highest BCUT2D eigenvalue weighted by Crippen LogP contribution is 2.29. The van der Waals surface area contributed by atoms with Gasteiger partial charge in [-0.1, -0.05) is 18.2 Å². The van der Waals surface area contributed by atoms with E-state index >= 15 is 0 Å². The number of fused-ring (bicyclic) bond motifs is 1. The molecule has 0 aliphatic rings. The second-order valence-corrected chi connectivity index (χ2v) is 4.04. The summed E-state index contributed by atoms with van der Waals surface area (Å²) < 4.78 is 7.86. The largest absolute Gasteiger partial charge is 0.476 e. The standard InChI is InChI=1S/C11H7N3O2S/c15-11(16)10-9(13-17-14-10)7-5-12-8-4-2-1-3-6(7)8/h1-5,12H,(H,15,16). The minimum Gasteiger partial charge on any atom is -0.476 e. The summed E-state index contributed by atoms with van der Waals surface area (Å²) in [5.74, 6) is -1.06. The molecule has 0 aliphatic heterocycles. The number of H-pyrrole nitrogens is 1. The Morgan fingerprint density at radius 3 is 2.94 bits per heavy atom. The second-order valence-electron chi connectivity index (χ2n) is 3.51. The molecule has 2 heterocycles. The molecular formula is C11H7N3O2S. The Balaban J connectivity index is 2.28. The van der Waals surface area contributed by atoms with E-state index in [1.165, 1.54) is 0 Å². The molecular weight excluding hydrogens is 238 g/mol. The lowest BCUT2D eigenvalue weighted by atomic mass is 10.1. The van der Waals surface area contributed by atoms with Crippen molar-refractivity contribution in [3.05, 3.63) is 36.2 Å². The molecule has 3 aromatic rings. The zero-order valence-corrected chi connectivity index (χ0v) is 9.36. The normalized spacial score (nSPS) is 10.8. The molecule has 3 rings (SSSR count). The van der Waals surface area contributed by atoms with Gasteiger partial charge in [0.25, 0.3) is 0 Å². The van der Waals surface area contributed by atoms with Crippen molar-refractivity contribution in [2.24, 2.45) is 0 Å². The SMILES string of the molecule is O=C(O)c1nsnc1-c1c[nH]c2ccccc12. The van der Waals surface area contributed by atoms with E-state index in [0.29, 0.717) is 5.69 Å². The second kappa shape index (κ2) is 3.67. The topological polar surface area (TPSA) is 78.9 Å². The molecule has 0 radical (unpaired) electrons. The molecule has 2 N–H and O–H groups in total. The number of hydrogen-bond acceptors (Lipinski definition) is 4. The van der Waals surface area contributed by atoms with Crippen LogP contribution in [-0.2, 0) is 0 Å². The van der Waals surface area contributed by atoms with Gasteiger partial charge in [0.2, 0.25) is 0 Å². The van der Waals surface area contributed by atoms with Crippen LogP contribution < -0.4 is 0 Å². The Hall–Kier alpha value is -2.21. The third-order valence-corrected chi connectivity index (χ3v) is 3.06. The number of para-hydroxylation sites is 1. The van der Waals surface area contributed by atoms with Crippen LogP contribution in [-0.4, -0.2) is 24.8 Å². The third kappa shape index (κ3) is 1.50. The van der Waals surface area contributed by atoms with E-state index in [-0.39, 0.29) is 5.69 Å². The molecule has 6 heteroatoms. The Morgan fingerprint density at radius 1 is 1.29 bits per heavy atom. The highest BCUT2D eigenvalue weighted by Gasteiger charge is 2.19. The summed E-state index contributed by atoms with van der Waals surface area (Å²) in [6, 6.07) is 7.67. The van der Waals surface area contributed by atoms with Gasteiger partial charge in [0.1, 0.15) is 5.69 Å². The van der Waals surface area contributed by atoms with E-state index < -0.39 is 5.97 Å². The van der Waals surface area contributed by atoms with Gasteiger partial charge in [0, 0.05) is 22.7 Å². The number of benzene rings is 1. The van der Waals surface area contributed by atoms with Crippen LogP contribution in [0.5, 0.6) is 0 Å². The molecule has 0 aliphatic carbocycles. The number of aromatic nitrogens is 3. The van der Waals surface area contributed by atoms with Crippen LogP contribution in [0.25, 0.3) is 22.2 Å². The molecule has 0 bridgehead atoms. The van der Waals surface area contributed by atoms with Crippen LogP contribution in [0.1, 0.15) is 10.5 Å². The maximum Gasteiger partial charge on any atom is 0.357 e. The first-order valence-electron chi connectivity index (χ1n) is 4.89. The molecule has 0 atom stereocenters. The third-order valence-electron chi connectivity index (χ3n) is 2.54. The number of carboxylic acid groups (broad SMARTS) is 1. The van der Waals surface area contributed by atoms with Gasteiger partial charge in [-0.05, 0) is 6.07 Å². The van der Waals surface area contributed by atoms with Gasteiger partial charge < -0.3 is 10.1 Å². The van der Waals surface area contributed by atoms with Crippen LogP contribution in [0.3, 0.4) is 0 Å². The average molecular weight is 245 g/mol. The van der Waals surface area contributed by atoms with Crippen molar-refractivity contribution in [1.82, 2.24) is 13.7 Å². The molecule has 0 spiro atoms. The van der Waals surface area contributed by atoms with Crippen molar-refractivity contribution in [3.8, 4) is 11.3 Å². The van der Waals surface area contributed by atoms with Crippen molar-refractivity contribution in [2.45, 2.75) is 0 Å². The zero-order chi connectivity index (χ0) is 11.8. The van der Waals surface area contributed by atoms with Crippen LogP contribution in [0.4, 0.5) is 0 Å². The molecule has 17 heavy (non-hydrogen) atoms. The highest BCUT2D eigenvalue weighted by atomic mass is 32.1. The Bertz CT molecular complexity index is 701. The van der Waals surface area contributed by atoms with Gasteiger partial charge in [-0.2, -0.15) is 8.75 Å². The molecule has 84 valence electrons. The minimum absolute atomic E-state index is 0.000229. The number of carboxylic acids is 1. The van der Waals surface area contributed by atoms with Crippen LogP contribution in [0.2, 0.25) is 0 Å². The van der Waals surface area contributed by atoms with Crippen LogP contribution in [0.15, 0.2) is 30.5 Å². The summed E-state index contributed by atoms with van der Waals surface area (Å²) in [5, 5.41) is 9.97. The number of carbonyl (C=O) groups is 1. The smallest absolute Gasteiger partial charge is 0.357 e. The molecule has 5 nitrogen and oxygen atoms in total. The number of aromatic carboxylic acids is 1. The minimum atomic E-state index is -1.06. The zero-order valence-electron chi connectivity index (χ0n) is 8.54. The summed E-state index contributed by atoms with van der Waals surface area (Å²) in [7, 11) is 0. The molecule has 2 aromatic heterocycles. The van der Waals surface area contributed by atoms with Gasteiger partial charge in [0.05, 0.1) is 11.7 Å². The lowest BCUT2D eigenvalue weighted by Crippen LogP contribution is -1.98. The summed E-state index contributed by atoms with van der Waals surface area (Å²) in [6.07, 6.45) is 1.76. The van der Waals surface area contributed by atoms with Crippen LogP contribution in [0, 0.1) is 0 Å². The van der Waals surface area contributed by atoms with Gasteiger partial charge in [-0.25, -0.2) is 4.79 Å². The van der Waals surface area contributed by atoms with Crippen molar-refractivity contribution in [1.29, 1.82) is 0 Å². The summed E-state index contributed by atoms with van der Waals surface area (Å²) in [4.78, 5) is 14.1. The van der Waals surface area contributed by atoms with Crippen molar-refractivity contribution in [3.63, 3.8) is 0 Å². The predicted octanol–water partition coefficient (Wildman–Crippen LogP) is 2.38. The van der Waals surface area contributed by atoms with E-state index in [1.807, 2.05) is 24.3 Å². The Kier molecular flexibility index (Phi) is 2.15. The number of aromatic amines is 1. The average Bonchev–Trinajstić information content (AvgIpc) is 2.94. The first-order valence-corrected chi connectivity index (χ1v) is 5.63. The van der Waals surface area contributed by atoms with E-state index in [2.05, 4.69) is 13.7 Å². The Morgan fingerprint density at radius 2 is 2.12 bits per heavy atom. The number of rotatable bonds is 2. The summed E-state index contributed by atoms with van der Waals surface area (Å²) in [6.45, 7) is 0. The number of nitrogens with zero attached hydrogens (tertiary/aromatic N) is 2. The lowest BCUT2D eigenvalue weighted by Gasteiger charge is -1.95. The number of hydrogen-bond donors (Lipinski definition) is 2. The Labute approximate surface area is 100 Å². The maximum atomic E-state index is 11.0. The van der Waals surface area contributed by atoms with Gasteiger partial charge in [-0.3, -0.25) is 0 Å². The van der Waals surface area contributed by atoms with E-state index in [1.54, 1.807) is 6.20 Å². The summed E-state index contributed by atoms with van der Waals surface area (Å²) in [5.41, 5.74) is 2.14. The molecule has 0 fully saturated rings. The maximum absolute atomic E-state index is 11.0. The van der Waals surface area contributed by atoms with E-state index in [4.69, 9.17) is 5.11 Å². The lowest BCUT2D eigenvalue weighted by molar-refractivity contribution is 0.0692.